The predicted molar refractivity (Wildman–Crippen MR) is 93.1 cm³/mol. The van der Waals surface area contributed by atoms with Crippen molar-refractivity contribution in [2.75, 3.05) is 43.1 Å². The maximum atomic E-state index is 12.4. The van der Waals surface area contributed by atoms with Crippen LogP contribution in [-0.4, -0.2) is 55.6 Å². The molecule has 0 spiro atoms. The van der Waals surface area contributed by atoms with E-state index in [9.17, 15) is 9.59 Å². The first kappa shape index (κ1) is 16.8. The van der Waals surface area contributed by atoms with Gasteiger partial charge in [0.05, 0.1) is 19.6 Å². The third-order valence-corrected chi connectivity index (χ3v) is 4.56. The third kappa shape index (κ3) is 3.70. The molecule has 130 valence electrons. The maximum absolute atomic E-state index is 12.4. The number of nitrogens with one attached hydrogen (secondary N) is 1. The SMILES string of the molecule is CCCCN1C(=O)C[C@@H](Nc2ccc(N3CCOCC3)cc2)C1=O. The number of ether oxygens (including phenoxy) is 1. The molecule has 24 heavy (non-hydrogen) atoms. The number of rotatable bonds is 6. The standard InChI is InChI=1S/C18H25N3O3/c1-2-3-8-21-17(22)13-16(18(21)23)19-14-4-6-15(7-5-14)20-9-11-24-12-10-20/h4-7,16,19H,2-3,8-13H2,1H3/t16-/m1/s1. The van der Waals surface area contributed by atoms with E-state index < -0.39 is 6.04 Å². The molecular weight excluding hydrogens is 306 g/mol. The monoisotopic (exact) mass is 331 g/mol. The minimum Gasteiger partial charge on any atom is -0.378 e. The summed E-state index contributed by atoms with van der Waals surface area (Å²) in [6.45, 7) is 5.89. The van der Waals surface area contributed by atoms with E-state index in [-0.39, 0.29) is 18.2 Å². The first-order chi connectivity index (χ1) is 11.7. The van der Waals surface area contributed by atoms with Gasteiger partial charge < -0.3 is 15.0 Å². The van der Waals surface area contributed by atoms with Crippen molar-refractivity contribution in [1.29, 1.82) is 0 Å². The number of nitrogens with zero attached hydrogens (tertiary/aromatic N) is 2. The van der Waals surface area contributed by atoms with E-state index in [0.717, 1.165) is 50.5 Å². The summed E-state index contributed by atoms with van der Waals surface area (Å²) in [5.41, 5.74) is 2.03. The number of carbonyl (C=O) groups is 2. The van der Waals surface area contributed by atoms with E-state index >= 15 is 0 Å². The molecule has 3 rings (SSSR count). The summed E-state index contributed by atoms with van der Waals surface area (Å²) < 4.78 is 5.37. The van der Waals surface area contributed by atoms with Crippen LogP contribution >= 0.6 is 0 Å². The number of unbranched alkanes of at least 4 members (excludes halogenated alkanes) is 1. The number of benzene rings is 1. The second-order valence-corrected chi connectivity index (χ2v) is 6.28. The van der Waals surface area contributed by atoms with Crippen LogP contribution in [0.5, 0.6) is 0 Å². The molecule has 0 aromatic heterocycles. The Hall–Kier alpha value is -2.08. The minimum atomic E-state index is -0.441. The number of imide groups is 1. The van der Waals surface area contributed by atoms with Crippen LogP contribution in [0.2, 0.25) is 0 Å². The molecule has 0 aliphatic carbocycles. The Morgan fingerprint density at radius 3 is 2.54 bits per heavy atom. The van der Waals surface area contributed by atoms with Crippen LogP contribution in [0.4, 0.5) is 11.4 Å². The van der Waals surface area contributed by atoms with E-state index in [1.165, 1.54) is 4.90 Å². The Labute approximate surface area is 142 Å². The van der Waals surface area contributed by atoms with Crippen LogP contribution < -0.4 is 10.2 Å². The van der Waals surface area contributed by atoms with E-state index in [0.29, 0.717) is 6.54 Å². The van der Waals surface area contributed by atoms with E-state index in [1.807, 2.05) is 24.3 Å². The van der Waals surface area contributed by atoms with Gasteiger partial charge in [0.15, 0.2) is 0 Å². The molecule has 6 heteroatoms. The van der Waals surface area contributed by atoms with Crippen molar-refractivity contribution in [3.63, 3.8) is 0 Å². The van der Waals surface area contributed by atoms with Crippen molar-refractivity contribution in [2.24, 2.45) is 0 Å². The van der Waals surface area contributed by atoms with Gasteiger partial charge in [-0.15, -0.1) is 0 Å². The van der Waals surface area contributed by atoms with Crippen LogP contribution in [0.25, 0.3) is 0 Å². The summed E-state index contributed by atoms with van der Waals surface area (Å²) in [6, 6.07) is 7.59. The molecular formula is C18H25N3O3. The molecule has 2 amide bonds. The maximum Gasteiger partial charge on any atom is 0.252 e. The second kappa shape index (κ2) is 7.66. The zero-order valence-corrected chi connectivity index (χ0v) is 14.2. The number of anilines is 2. The van der Waals surface area contributed by atoms with Gasteiger partial charge in [-0.05, 0) is 30.7 Å². The highest BCUT2D eigenvalue weighted by Crippen LogP contribution is 2.22. The average Bonchev–Trinajstić information content (AvgIpc) is 2.88. The molecule has 1 N–H and O–H groups in total. The van der Waals surface area contributed by atoms with Crippen molar-refractivity contribution < 1.29 is 14.3 Å². The largest absolute Gasteiger partial charge is 0.378 e. The molecule has 0 unspecified atom stereocenters. The summed E-state index contributed by atoms with van der Waals surface area (Å²) in [7, 11) is 0. The molecule has 0 bridgehead atoms. The van der Waals surface area contributed by atoms with Crippen LogP contribution in [0, 0.1) is 0 Å². The van der Waals surface area contributed by atoms with Crippen molar-refractivity contribution in [3.8, 4) is 0 Å². The van der Waals surface area contributed by atoms with Crippen LogP contribution in [0.1, 0.15) is 26.2 Å². The van der Waals surface area contributed by atoms with E-state index in [1.54, 1.807) is 0 Å². The minimum absolute atomic E-state index is 0.0733. The molecule has 0 radical (unpaired) electrons. The molecule has 2 saturated heterocycles. The van der Waals surface area contributed by atoms with Gasteiger partial charge in [0.25, 0.3) is 5.91 Å². The Kier molecular flexibility index (Phi) is 5.35. The lowest BCUT2D eigenvalue weighted by Gasteiger charge is -2.29. The van der Waals surface area contributed by atoms with E-state index in [4.69, 9.17) is 4.74 Å². The quantitative estimate of drug-likeness (QED) is 0.806. The molecule has 2 heterocycles. The number of morpholine rings is 1. The summed E-state index contributed by atoms with van der Waals surface area (Å²) in [5, 5.41) is 3.20. The van der Waals surface area contributed by atoms with Gasteiger partial charge in [0.1, 0.15) is 6.04 Å². The average molecular weight is 331 g/mol. The smallest absolute Gasteiger partial charge is 0.252 e. The highest BCUT2D eigenvalue weighted by molar-refractivity contribution is 6.06. The second-order valence-electron chi connectivity index (χ2n) is 6.28. The van der Waals surface area contributed by atoms with Crippen LogP contribution in [0.15, 0.2) is 24.3 Å². The number of likely N-dealkylation sites (tertiary alicyclic amines) is 1. The van der Waals surface area contributed by atoms with Gasteiger partial charge in [0.2, 0.25) is 5.91 Å². The first-order valence-electron chi connectivity index (χ1n) is 8.72. The van der Waals surface area contributed by atoms with E-state index in [2.05, 4.69) is 17.1 Å². The van der Waals surface area contributed by atoms with Gasteiger partial charge in [-0.1, -0.05) is 13.3 Å². The lowest BCUT2D eigenvalue weighted by atomic mass is 10.2. The molecule has 2 aliphatic rings. The fraction of sp³-hybridized carbons (Fsp3) is 0.556. The normalized spacial score (nSPS) is 21.5. The number of hydrogen-bond donors (Lipinski definition) is 1. The van der Waals surface area contributed by atoms with Crippen molar-refractivity contribution in [3.05, 3.63) is 24.3 Å². The van der Waals surface area contributed by atoms with Crippen molar-refractivity contribution in [2.45, 2.75) is 32.2 Å². The Balaban J connectivity index is 1.59. The number of amides is 2. The topological polar surface area (TPSA) is 61.9 Å². The third-order valence-electron chi connectivity index (χ3n) is 4.56. The molecule has 1 aromatic rings. The summed E-state index contributed by atoms with van der Waals surface area (Å²) in [5.74, 6) is -0.179. The Bertz CT molecular complexity index is 582. The van der Waals surface area contributed by atoms with Crippen molar-refractivity contribution >= 4 is 23.2 Å². The number of hydrogen-bond acceptors (Lipinski definition) is 5. The molecule has 1 atom stereocenters. The summed E-state index contributed by atoms with van der Waals surface area (Å²) in [4.78, 5) is 28.0. The number of carbonyl (C=O) groups excluding carboxylic acids is 2. The Morgan fingerprint density at radius 1 is 1.17 bits per heavy atom. The summed E-state index contributed by atoms with van der Waals surface area (Å²) in [6.07, 6.45) is 2.07. The highest BCUT2D eigenvalue weighted by atomic mass is 16.5. The van der Waals surface area contributed by atoms with Gasteiger partial charge >= 0.3 is 0 Å². The molecule has 2 fully saturated rings. The van der Waals surface area contributed by atoms with Gasteiger partial charge in [-0.2, -0.15) is 0 Å². The fourth-order valence-corrected chi connectivity index (χ4v) is 3.14. The lowest BCUT2D eigenvalue weighted by Crippen LogP contribution is -2.36. The lowest BCUT2D eigenvalue weighted by molar-refractivity contribution is -0.138. The Morgan fingerprint density at radius 2 is 1.88 bits per heavy atom. The zero-order valence-electron chi connectivity index (χ0n) is 14.2. The molecule has 1 aromatic carbocycles. The van der Waals surface area contributed by atoms with Crippen LogP contribution in [-0.2, 0) is 14.3 Å². The molecule has 0 saturated carbocycles. The van der Waals surface area contributed by atoms with Gasteiger partial charge in [-0.3, -0.25) is 14.5 Å². The first-order valence-corrected chi connectivity index (χ1v) is 8.72. The fourth-order valence-electron chi connectivity index (χ4n) is 3.14. The molecule has 6 nitrogen and oxygen atoms in total. The zero-order chi connectivity index (χ0) is 16.9. The summed E-state index contributed by atoms with van der Waals surface area (Å²) >= 11 is 0. The predicted octanol–water partition coefficient (Wildman–Crippen LogP) is 1.86. The van der Waals surface area contributed by atoms with Gasteiger partial charge in [-0.25, -0.2) is 0 Å². The highest BCUT2D eigenvalue weighted by Gasteiger charge is 2.37. The van der Waals surface area contributed by atoms with Crippen molar-refractivity contribution in [1.82, 2.24) is 4.90 Å². The van der Waals surface area contributed by atoms with Crippen LogP contribution in [0.3, 0.4) is 0 Å². The van der Waals surface area contributed by atoms with Gasteiger partial charge in [0, 0.05) is 31.0 Å². The molecule has 2 aliphatic heterocycles.